The molecule has 0 saturated carbocycles. The van der Waals surface area contributed by atoms with E-state index in [1.54, 1.807) is 0 Å². The third-order valence-electron chi connectivity index (χ3n) is 2.52. The van der Waals surface area contributed by atoms with Crippen LogP contribution in [0, 0.1) is 10.1 Å². The molecule has 0 unspecified atom stereocenters. The molecule has 1 aliphatic heterocycles. The molecule has 0 bridgehead atoms. The number of nitrogens with zero attached hydrogens (tertiary/aromatic N) is 3. The first-order valence-electron chi connectivity index (χ1n) is 5.20. The Morgan fingerprint density at radius 2 is 2.12 bits per heavy atom. The van der Waals surface area contributed by atoms with E-state index in [0.717, 1.165) is 12.1 Å². The van der Waals surface area contributed by atoms with Crippen molar-refractivity contribution < 1.29 is 4.92 Å². The van der Waals surface area contributed by atoms with Gasteiger partial charge in [0.05, 0.1) is 6.54 Å². The zero-order chi connectivity index (χ0) is 11.4. The first-order valence-corrected chi connectivity index (χ1v) is 5.20. The van der Waals surface area contributed by atoms with Crippen molar-refractivity contribution in [2.45, 2.75) is 6.54 Å². The van der Waals surface area contributed by atoms with Crippen LogP contribution in [0.5, 0.6) is 0 Å². The summed E-state index contributed by atoms with van der Waals surface area (Å²) >= 11 is 0. The van der Waals surface area contributed by atoms with Gasteiger partial charge in [-0.1, -0.05) is 30.3 Å². The predicted molar refractivity (Wildman–Crippen MR) is 61.0 cm³/mol. The summed E-state index contributed by atoms with van der Waals surface area (Å²) in [7, 11) is 0. The molecule has 0 radical (unpaired) electrons. The second kappa shape index (κ2) is 4.74. The molecular weight excluding hydrogens is 206 g/mol. The Balaban J connectivity index is 2.00. The van der Waals surface area contributed by atoms with Gasteiger partial charge in [0.15, 0.2) is 5.84 Å². The molecule has 84 valence electrons. The van der Waals surface area contributed by atoms with E-state index in [-0.39, 0.29) is 11.5 Å². The Morgan fingerprint density at radius 3 is 2.81 bits per heavy atom. The van der Waals surface area contributed by atoms with Gasteiger partial charge in [0.1, 0.15) is 0 Å². The molecule has 0 N–H and O–H groups in total. The van der Waals surface area contributed by atoms with Crippen LogP contribution in [0.2, 0.25) is 0 Å². The van der Waals surface area contributed by atoms with Gasteiger partial charge in [0.2, 0.25) is 0 Å². The van der Waals surface area contributed by atoms with Crippen LogP contribution < -0.4 is 0 Å². The van der Waals surface area contributed by atoms with E-state index < -0.39 is 0 Å². The molecule has 0 spiro atoms. The maximum atomic E-state index is 10.5. The molecule has 5 heteroatoms. The lowest BCUT2D eigenvalue weighted by atomic mass is 10.2. The third-order valence-corrected chi connectivity index (χ3v) is 2.52. The molecule has 1 aliphatic rings. The highest BCUT2D eigenvalue weighted by atomic mass is 16.6. The molecule has 0 saturated heterocycles. The van der Waals surface area contributed by atoms with E-state index in [1.165, 1.54) is 0 Å². The van der Waals surface area contributed by atoms with Crippen molar-refractivity contribution in [2.75, 3.05) is 19.6 Å². The quantitative estimate of drug-likeness (QED) is 0.564. The van der Waals surface area contributed by atoms with Gasteiger partial charge in [0, 0.05) is 18.0 Å². The molecular formula is C11H13N3O2. The topological polar surface area (TPSA) is 58.7 Å². The summed E-state index contributed by atoms with van der Waals surface area (Å²) in [6.45, 7) is 1.97. The molecule has 0 amide bonds. The van der Waals surface area contributed by atoms with Crippen LogP contribution in [0.1, 0.15) is 5.56 Å². The molecule has 0 fully saturated rings. The maximum Gasteiger partial charge on any atom is 0.260 e. The van der Waals surface area contributed by atoms with E-state index in [2.05, 4.69) is 4.99 Å². The zero-order valence-corrected chi connectivity index (χ0v) is 8.87. The van der Waals surface area contributed by atoms with Crippen LogP contribution in [0.25, 0.3) is 0 Å². The van der Waals surface area contributed by atoms with Gasteiger partial charge >= 0.3 is 0 Å². The molecule has 0 aliphatic carbocycles. The highest BCUT2D eigenvalue weighted by Crippen LogP contribution is 2.09. The Hall–Kier alpha value is -1.91. The number of hydrogen-bond acceptors (Lipinski definition) is 4. The number of rotatable bonds is 4. The molecule has 5 nitrogen and oxygen atoms in total. The average Bonchev–Trinajstić information content (AvgIpc) is 2.66. The summed E-state index contributed by atoms with van der Waals surface area (Å²) in [6.07, 6.45) is 0. The van der Waals surface area contributed by atoms with Crippen molar-refractivity contribution in [2.24, 2.45) is 4.99 Å². The van der Waals surface area contributed by atoms with Crippen molar-refractivity contribution in [3.8, 4) is 0 Å². The number of nitro groups is 1. The second-order valence-electron chi connectivity index (χ2n) is 3.70. The highest BCUT2D eigenvalue weighted by Gasteiger charge is 2.20. The van der Waals surface area contributed by atoms with Crippen LogP contribution in [0.3, 0.4) is 0 Å². The first kappa shape index (κ1) is 10.6. The summed E-state index contributed by atoms with van der Waals surface area (Å²) in [4.78, 5) is 16.2. The van der Waals surface area contributed by atoms with Crippen LogP contribution in [0.15, 0.2) is 35.3 Å². The minimum absolute atomic E-state index is 0.174. The third kappa shape index (κ3) is 2.56. The van der Waals surface area contributed by atoms with E-state index in [4.69, 9.17) is 0 Å². The number of hydrogen-bond donors (Lipinski definition) is 0. The van der Waals surface area contributed by atoms with Crippen molar-refractivity contribution in [3.05, 3.63) is 46.0 Å². The normalized spacial score (nSPS) is 15.0. The van der Waals surface area contributed by atoms with Crippen LogP contribution in [-0.4, -0.2) is 35.3 Å². The summed E-state index contributed by atoms with van der Waals surface area (Å²) in [5, 5.41) is 10.5. The SMILES string of the molecule is O=[N+]([O-])CC1=NCCN1Cc1ccccc1. The molecule has 16 heavy (non-hydrogen) atoms. The van der Waals surface area contributed by atoms with Gasteiger partial charge in [-0.2, -0.15) is 0 Å². The van der Waals surface area contributed by atoms with Crippen LogP contribution in [0.4, 0.5) is 0 Å². The maximum absolute atomic E-state index is 10.5. The zero-order valence-electron chi connectivity index (χ0n) is 8.87. The van der Waals surface area contributed by atoms with Gasteiger partial charge in [-0.05, 0) is 5.56 Å². The molecule has 1 aromatic carbocycles. The Bertz CT molecular complexity index is 403. The molecule has 2 rings (SSSR count). The lowest BCUT2D eigenvalue weighted by Crippen LogP contribution is -2.32. The van der Waals surface area contributed by atoms with E-state index >= 15 is 0 Å². The smallest absolute Gasteiger partial charge is 0.260 e. The van der Waals surface area contributed by atoms with Crippen molar-refractivity contribution in [3.63, 3.8) is 0 Å². The van der Waals surface area contributed by atoms with E-state index in [0.29, 0.717) is 18.9 Å². The van der Waals surface area contributed by atoms with Gasteiger partial charge in [-0.3, -0.25) is 15.1 Å². The minimum atomic E-state index is -0.331. The summed E-state index contributed by atoms with van der Waals surface area (Å²) in [6, 6.07) is 9.93. The largest absolute Gasteiger partial charge is 0.349 e. The molecule has 1 aromatic rings. The van der Waals surface area contributed by atoms with Crippen LogP contribution in [-0.2, 0) is 6.54 Å². The van der Waals surface area contributed by atoms with Crippen LogP contribution >= 0.6 is 0 Å². The summed E-state index contributed by atoms with van der Waals surface area (Å²) in [5.41, 5.74) is 1.15. The average molecular weight is 219 g/mol. The fourth-order valence-corrected chi connectivity index (χ4v) is 1.77. The number of benzene rings is 1. The summed E-state index contributed by atoms with van der Waals surface area (Å²) in [5.74, 6) is 0.592. The van der Waals surface area contributed by atoms with Crippen molar-refractivity contribution in [1.82, 2.24) is 4.90 Å². The summed E-state index contributed by atoms with van der Waals surface area (Å²) < 4.78 is 0. The van der Waals surface area contributed by atoms with Gasteiger partial charge in [-0.15, -0.1) is 0 Å². The van der Waals surface area contributed by atoms with Gasteiger partial charge < -0.3 is 4.90 Å². The minimum Gasteiger partial charge on any atom is -0.349 e. The second-order valence-corrected chi connectivity index (χ2v) is 3.70. The predicted octanol–water partition coefficient (Wildman–Crippen LogP) is 1.18. The molecule has 0 atom stereocenters. The molecule has 1 heterocycles. The Kier molecular flexibility index (Phi) is 3.14. The van der Waals surface area contributed by atoms with Gasteiger partial charge in [0.25, 0.3) is 6.54 Å². The Labute approximate surface area is 93.6 Å². The fraction of sp³-hybridized carbons (Fsp3) is 0.364. The first-order chi connectivity index (χ1) is 7.75. The van der Waals surface area contributed by atoms with Crippen molar-refractivity contribution >= 4 is 5.84 Å². The monoisotopic (exact) mass is 219 g/mol. The number of amidine groups is 1. The lowest BCUT2D eigenvalue weighted by Gasteiger charge is -2.17. The van der Waals surface area contributed by atoms with Gasteiger partial charge in [-0.25, -0.2) is 0 Å². The highest BCUT2D eigenvalue weighted by molar-refractivity contribution is 5.84. The number of aliphatic imine (C=N–C) groups is 1. The van der Waals surface area contributed by atoms with E-state index in [1.807, 2.05) is 35.2 Å². The Morgan fingerprint density at radius 1 is 1.38 bits per heavy atom. The van der Waals surface area contributed by atoms with E-state index in [9.17, 15) is 10.1 Å². The van der Waals surface area contributed by atoms with Crippen molar-refractivity contribution in [1.29, 1.82) is 0 Å². The fourth-order valence-electron chi connectivity index (χ4n) is 1.77. The molecule has 0 aromatic heterocycles. The lowest BCUT2D eigenvalue weighted by molar-refractivity contribution is -0.464. The standard InChI is InChI=1S/C11H13N3O2/c15-14(16)9-11-12-6-7-13(11)8-10-4-2-1-3-5-10/h1-5H,6-9H2.